The van der Waals surface area contributed by atoms with Crippen LogP contribution >= 0.6 is 0 Å². The maximum absolute atomic E-state index is 12.2. The van der Waals surface area contributed by atoms with Crippen LogP contribution in [0, 0.1) is 20.8 Å². The van der Waals surface area contributed by atoms with Crippen molar-refractivity contribution >= 4 is 28.4 Å². The van der Waals surface area contributed by atoms with Crippen molar-refractivity contribution in [2.45, 2.75) is 20.8 Å². The molecular formula is C19H19N3O2. The first-order valence-corrected chi connectivity index (χ1v) is 7.68. The number of anilines is 2. The van der Waals surface area contributed by atoms with E-state index in [-0.39, 0.29) is 0 Å². The highest BCUT2D eigenvalue weighted by molar-refractivity contribution is 6.05. The van der Waals surface area contributed by atoms with E-state index >= 15 is 0 Å². The molecule has 1 N–H and O–H groups in total. The molecule has 1 aromatic carbocycles. The molecule has 24 heavy (non-hydrogen) atoms. The Morgan fingerprint density at radius 1 is 1.12 bits per heavy atom. The Labute approximate surface area is 140 Å². The third-order valence-electron chi connectivity index (χ3n) is 3.93. The number of aromatic nitrogens is 2. The first kappa shape index (κ1) is 15.9. The van der Waals surface area contributed by atoms with Gasteiger partial charge in [0.25, 0.3) is 0 Å². The Kier molecular flexibility index (Phi) is 4.16. The molecule has 0 spiro atoms. The molecule has 2 aromatic heterocycles. The van der Waals surface area contributed by atoms with Crippen LogP contribution in [0.25, 0.3) is 11.0 Å². The molecule has 3 aromatic rings. The van der Waals surface area contributed by atoms with E-state index < -0.39 is 5.97 Å². The molecule has 0 unspecified atom stereocenters. The number of ether oxygens (including phenoxy) is 1. The number of hydrogen-bond donors (Lipinski definition) is 1. The van der Waals surface area contributed by atoms with Crippen LogP contribution in [-0.4, -0.2) is 23.0 Å². The van der Waals surface area contributed by atoms with Gasteiger partial charge in [-0.25, -0.2) is 14.8 Å². The second kappa shape index (κ2) is 6.28. The van der Waals surface area contributed by atoms with E-state index in [1.807, 2.05) is 45.0 Å². The number of rotatable bonds is 3. The van der Waals surface area contributed by atoms with Crippen LogP contribution in [0.1, 0.15) is 27.2 Å². The summed E-state index contributed by atoms with van der Waals surface area (Å²) in [6.45, 7) is 5.96. The molecule has 5 heteroatoms. The zero-order chi connectivity index (χ0) is 17.3. The van der Waals surface area contributed by atoms with Gasteiger partial charge in [-0.15, -0.1) is 0 Å². The van der Waals surface area contributed by atoms with Crippen LogP contribution in [0.4, 0.5) is 11.4 Å². The summed E-state index contributed by atoms with van der Waals surface area (Å²) in [5, 5.41) is 4.16. The molecule has 0 aliphatic rings. The summed E-state index contributed by atoms with van der Waals surface area (Å²) in [5.41, 5.74) is 5.67. The van der Waals surface area contributed by atoms with Gasteiger partial charge in [-0.3, -0.25) is 0 Å². The highest BCUT2D eigenvalue weighted by atomic mass is 16.5. The van der Waals surface area contributed by atoms with Gasteiger partial charge in [-0.05, 0) is 50.1 Å². The van der Waals surface area contributed by atoms with E-state index in [0.29, 0.717) is 16.9 Å². The third-order valence-corrected chi connectivity index (χ3v) is 3.93. The smallest absolute Gasteiger partial charge is 0.341 e. The molecule has 0 fully saturated rings. The largest absolute Gasteiger partial charge is 0.465 e. The Morgan fingerprint density at radius 3 is 2.67 bits per heavy atom. The van der Waals surface area contributed by atoms with Gasteiger partial charge in [0.2, 0.25) is 0 Å². The molecule has 0 bridgehead atoms. The van der Waals surface area contributed by atoms with Crippen LogP contribution in [0.2, 0.25) is 0 Å². The third kappa shape index (κ3) is 2.93. The van der Waals surface area contributed by atoms with Gasteiger partial charge in [0.05, 0.1) is 12.8 Å². The van der Waals surface area contributed by atoms with Gasteiger partial charge >= 0.3 is 5.97 Å². The van der Waals surface area contributed by atoms with E-state index in [1.54, 1.807) is 0 Å². The number of nitrogens with one attached hydrogen (secondary N) is 1. The molecule has 5 nitrogen and oxygen atoms in total. The standard InChI is InChI=1S/C19H19N3O2/c1-11-5-6-12(2)16(9-11)22-17-14-8-7-13(3)21-18(14)20-10-15(17)19(23)24-4/h5-10H,1-4H3,(H,20,21,22). The van der Waals surface area contributed by atoms with Crippen molar-refractivity contribution in [2.24, 2.45) is 0 Å². The summed E-state index contributed by atoms with van der Waals surface area (Å²) < 4.78 is 4.90. The number of carbonyl (C=O) groups excluding carboxylic acids is 1. The van der Waals surface area contributed by atoms with Gasteiger partial charge in [-0.1, -0.05) is 12.1 Å². The molecule has 2 heterocycles. The minimum absolute atomic E-state index is 0.386. The average Bonchev–Trinajstić information content (AvgIpc) is 2.57. The summed E-state index contributed by atoms with van der Waals surface area (Å²) in [5.74, 6) is -0.433. The van der Waals surface area contributed by atoms with Crippen LogP contribution in [-0.2, 0) is 4.74 Å². The molecule has 0 radical (unpaired) electrons. The zero-order valence-electron chi connectivity index (χ0n) is 14.2. The fraction of sp³-hybridized carbons (Fsp3) is 0.211. The van der Waals surface area contributed by atoms with Crippen LogP contribution in [0.5, 0.6) is 0 Å². The summed E-state index contributed by atoms with van der Waals surface area (Å²) in [6, 6.07) is 9.97. The van der Waals surface area contributed by atoms with Gasteiger partial charge in [-0.2, -0.15) is 0 Å². The molecule has 0 aliphatic carbocycles. The minimum Gasteiger partial charge on any atom is -0.465 e. The van der Waals surface area contributed by atoms with Gasteiger partial charge in [0.15, 0.2) is 5.65 Å². The predicted octanol–water partition coefficient (Wildman–Crippen LogP) is 4.09. The lowest BCUT2D eigenvalue weighted by Gasteiger charge is -2.15. The fourth-order valence-electron chi connectivity index (χ4n) is 2.58. The molecule has 122 valence electrons. The molecule has 0 saturated heterocycles. The summed E-state index contributed by atoms with van der Waals surface area (Å²) in [4.78, 5) is 20.9. The average molecular weight is 321 g/mol. The molecule has 0 amide bonds. The van der Waals surface area contributed by atoms with Crippen molar-refractivity contribution < 1.29 is 9.53 Å². The molecule has 0 aliphatic heterocycles. The number of nitrogens with zero attached hydrogens (tertiary/aromatic N) is 2. The van der Waals surface area contributed by atoms with E-state index in [0.717, 1.165) is 27.9 Å². The van der Waals surface area contributed by atoms with Gasteiger partial charge in [0, 0.05) is 23.0 Å². The Morgan fingerprint density at radius 2 is 1.92 bits per heavy atom. The Bertz CT molecular complexity index is 935. The fourth-order valence-corrected chi connectivity index (χ4v) is 2.58. The van der Waals surface area contributed by atoms with Gasteiger partial charge in [0.1, 0.15) is 5.56 Å². The van der Waals surface area contributed by atoms with Gasteiger partial charge < -0.3 is 10.1 Å². The number of fused-ring (bicyclic) bond motifs is 1. The molecule has 0 saturated carbocycles. The monoisotopic (exact) mass is 321 g/mol. The number of methoxy groups -OCH3 is 1. The second-order valence-corrected chi connectivity index (χ2v) is 5.81. The molecule has 0 atom stereocenters. The van der Waals surface area contributed by atoms with Crippen LogP contribution in [0.15, 0.2) is 36.5 Å². The lowest BCUT2D eigenvalue weighted by molar-refractivity contribution is 0.0601. The molecule has 3 rings (SSSR count). The highest BCUT2D eigenvalue weighted by Gasteiger charge is 2.17. The van der Waals surface area contributed by atoms with E-state index in [9.17, 15) is 4.79 Å². The lowest BCUT2D eigenvalue weighted by Crippen LogP contribution is -2.08. The molecular weight excluding hydrogens is 302 g/mol. The van der Waals surface area contributed by atoms with E-state index in [2.05, 4.69) is 21.4 Å². The number of esters is 1. The Balaban J connectivity index is 2.22. The second-order valence-electron chi connectivity index (χ2n) is 5.81. The SMILES string of the molecule is COC(=O)c1cnc2nc(C)ccc2c1Nc1cc(C)ccc1C. The van der Waals surface area contributed by atoms with E-state index in [1.165, 1.54) is 13.3 Å². The summed E-state index contributed by atoms with van der Waals surface area (Å²) in [6.07, 6.45) is 1.51. The topological polar surface area (TPSA) is 64.1 Å². The Hall–Kier alpha value is -2.95. The maximum Gasteiger partial charge on any atom is 0.341 e. The number of pyridine rings is 2. The highest BCUT2D eigenvalue weighted by Crippen LogP contribution is 2.30. The van der Waals surface area contributed by atoms with Crippen molar-refractivity contribution in [3.8, 4) is 0 Å². The minimum atomic E-state index is -0.433. The number of hydrogen-bond acceptors (Lipinski definition) is 5. The summed E-state index contributed by atoms with van der Waals surface area (Å²) >= 11 is 0. The first-order chi connectivity index (χ1) is 11.5. The predicted molar refractivity (Wildman–Crippen MR) is 94.8 cm³/mol. The lowest BCUT2D eigenvalue weighted by atomic mass is 10.1. The van der Waals surface area contributed by atoms with E-state index in [4.69, 9.17) is 4.74 Å². The first-order valence-electron chi connectivity index (χ1n) is 7.68. The number of carbonyl (C=O) groups is 1. The number of aryl methyl sites for hydroxylation is 3. The van der Waals surface area contributed by atoms with Crippen LogP contribution in [0.3, 0.4) is 0 Å². The zero-order valence-corrected chi connectivity index (χ0v) is 14.2. The normalized spacial score (nSPS) is 10.7. The van der Waals surface area contributed by atoms with Crippen molar-refractivity contribution in [3.63, 3.8) is 0 Å². The van der Waals surface area contributed by atoms with Crippen molar-refractivity contribution in [2.75, 3.05) is 12.4 Å². The van der Waals surface area contributed by atoms with Crippen LogP contribution < -0.4 is 5.32 Å². The van der Waals surface area contributed by atoms with Crippen molar-refractivity contribution in [1.82, 2.24) is 9.97 Å². The van der Waals surface area contributed by atoms with Crippen molar-refractivity contribution in [3.05, 3.63) is 58.9 Å². The number of benzene rings is 1. The van der Waals surface area contributed by atoms with Crippen molar-refractivity contribution in [1.29, 1.82) is 0 Å². The quantitative estimate of drug-likeness (QED) is 0.736. The maximum atomic E-state index is 12.2. The summed E-state index contributed by atoms with van der Waals surface area (Å²) in [7, 11) is 1.36.